The molecule has 21 heavy (non-hydrogen) atoms. The summed E-state index contributed by atoms with van der Waals surface area (Å²) in [5, 5.41) is 0.258. The largest absolute Gasteiger partial charge is 1.00 e. The van der Waals surface area contributed by atoms with Crippen molar-refractivity contribution < 1.29 is 36.6 Å². The Balaban J connectivity index is 0.00000220. The molecule has 0 saturated heterocycles. The van der Waals surface area contributed by atoms with E-state index in [2.05, 4.69) is 0 Å². The van der Waals surface area contributed by atoms with Crippen LogP contribution >= 0.6 is 23.2 Å². The Morgan fingerprint density at radius 1 is 0.952 bits per heavy atom. The summed E-state index contributed by atoms with van der Waals surface area (Å²) in [5.74, 6) is -0.428. The molecule has 2 aromatic rings. The molecule has 2 aromatic carbocycles. The molecule has 8 heteroatoms. The van der Waals surface area contributed by atoms with Crippen LogP contribution in [-0.2, 0) is 10.1 Å². The van der Waals surface area contributed by atoms with Crippen molar-refractivity contribution >= 4 is 39.1 Å². The van der Waals surface area contributed by atoms with Gasteiger partial charge in [0.15, 0.2) is 5.78 Å². The molecular weight excluding hydrogens is 330 g/mol. The van der Waals surface area contributed by atoms with Gasteiger partial charge in [-0.2, -0.15) is 0 Å². The Kier molecular flexibility index (Phi) is 6.06. The van der Waals surface area contributed by atoms with Gasteiger partial charge in [-0.1, -0.05) is 23.2 Å². The molecule has 0 spiro atoms. The van der Waals surface area contributed by atoms with Crippen LogP contribution in [0.3, 0.4) is 0 Å². The summed E-state index contributed by atoms with van der Waals surface area (Å²) in [5.41, 5.74) is 0.386. The Labute approximate surface area is 144 Å². The number of hydrogen-bond acceptors (Lipinski definition) is 4. The molecule has 0 heterocycles. The zero-order valence-corrected chi connectivity index (χ0v) is 13.2. The maximum Gasteiger partial charge on any atom is 1.00 e. The molecule has 0 aromatic heterocycles. The number of rotatable bonds is 3. The summed E-state index contributed by atoms with van der Waals surface area (Å²) >= 11 is 11.4. The number of hydrogen-bond donors (Lipinski definition) is 0. The van der Waals surface area contributed by atoms with Gasteiger partial charge >= 0.3 is 18.9 Å². The topological polar surface area (TPSA) is 74.3 Å². The first-order valence-electron chi connectivity index (χ1n) is 5.35. The molecule has 0 aliphatic rings. The van der Waals surface area contributed by atoms with Crippen LogP contribution in [0.1, 0.15) is 15.9 Å². The van der Waals surface area contributed by atoms with E-state index in [1.165, 1.54) is 36.4 Å². The minimum Gasteiger partial charge on any atom is -0.744 e. The van der Waals surface area contributed by atoms with E-state index in [1.807, 2.05) is 0 Å². The quantitative estimate of drug-likeness (QED) is 0.453. The smallest absolute Gasteiger partial charge is 0.744 e. The molecular formula is C13H7Cl2LiO4S. The van der Waals surface area contributed by atoms with Crippen LogP contribution in [0.4, 0.5) is 0 Å². The molecule has 0 unspecified atom stereocenters. The number of benzene rings is 2. The van der Waals surface area contributed by atoms with Gasteiger partial charge in [0.2, 0.25) is 0 Å². The van der Waals surface area contributed by atoms with Crippen LogP contribution in [-0.4, -0.2) is 18.8 Å². The molecule has 0 bridgehead atoms. The van der Waals surface area contributed by atoms with Crippen molar-refractivity contribution in [3.05, 3.63) is 63.6 Å². The normalized spacial score (nSPS) is 10.8. The minimum absolute atomic E-state index is 0. The Morgan fingerprint density at radius 2 is 1.48 bits per heavy atom. The van der Waals surface area contributed by atoms with Crippen LogP contribution in [0, 0.1) is 0 Å². The van der Waals surface area contributed by atoms with E-state index in [0.717, 1.165) is 6.07 Å². The van der Waals surface area contributed by atoms with E-state index in [-0.39, 0.29) is 29.4 Å². The van der Waals surface area contributed by atoms with Crippen molar-refractivity contribution in [2.24, 2.45) is 0 Å². The van der Waals surface area contributed by atoms with Gasteiger partial charge in [-0.05, 0) is 42.5 Å². The Hall–Kier alpha value is -0.803. The zero-order chi connectivity index (χ0) is 14.9. The van der Waals surface area contributed by atoms with E-state index in [0.29, 0.717) is 10.6 Å². The van der Waals surface area contributed by atoms with Crippen molar-refractivity contribution in [2.75, 3.05) is 0 Å². The van der Waals surface area contributed by atoms with Crippen molar-refractivity contribution in [2.45, 2.75) is 4.90 Å². The second-order valence-corrected chi connectivity index (χ2v) is 6.13. The van der Waals surface area contributed by atoms with Crippen LogP contribution in [0.5, 0.6) is 0 Å². The fraction of sp³-hybridized carbons (Fsp3) is 0. The summed E-state index contributed by atoms with van der Waals surface area (Å²) < 4.78 is 33.1. The molecule has 4 nitrogen and oxygen atoms in total. The SMILES string of the molecule is O=C(c1ccc(Cl)cc1)c1ccc(Cl)c(S(=O)(=O)[O-])c1.[Li+]. The van der Waals surface area contributed by atoms with Crippen molar-refractivity contribution in [1.82, 2.24) is 0 Å². The molecule has 0 aliphatic carbocycles. The third-order valence-corrected chi connectivity index (χ3v) is 4.14. The van der Waals surface area contributed by atoms with Crippen LogP contribution in [0.15, 0.2) is 47.4 Å². The maximum absolute atomic E-state index is 12.2. The summed E-state index contributed by atoms with van der Waals surface area (Å²) in [6.45, 7) is 0. The molecule has 0 atom stereocenters. The average Bonchev–Trinajstić information content (AvgIpc) is 2.38. The first kappa shape index (κ1) is 18.2. The first-order chi connectivity index (χ1) is 9.29. The van der Waals surface area contributed by atoms with Gasteiger partial charge in [0.25, 0.3) is 0 Å². The van der Waals surface area contributed by atoms with Gasteiger partial charge in [0, 0.05) is 16.1 Å². The van der Waals surface area contributed by atoms with Gasteiger partial charge in [-0.25, -0.2) is 8.42 Å². The number of ketones is 1. The predicted molar refractivity (Wildman–Crippen MR) is 74.3 cm³/mol. The van der Waals surface area contributed by atoms with Gasteiger partial charge < -0.3 is 4.55 Å². The van der Waals surface area contributed by atoms with Crippen molar-refractivity contribution in [3.63, 3.8) is 0 Å². The standard InChI is InChI=1S/C13H8Cl2O4S.Li/c14-10-4-1-8(2-5-10)13(16)9-3-6-11(15)12(7-9)20(17,18)19;/h1-7H,(H,17,18,19);/q;+1/p-1. The van der Waals surface area contributed by atoms with Crippen molar-refractivity contribution in [1.29, 1.82) is 0 Å². The fourth-order valence-electron chi connectivity index (χ4n) is 1.60. The van der Waals surface area contributed by atoms with Gasteiger partial charge in [0.1, 0.15) is 10.1 Å². The average molecular weight is 337 g/mol. The van der Waals surface area contributed by atoms with E-state index in [1.54, 1.807) is 0 Å². The maximum atomic E-state index is 12.2. The van der Waals surface area contributed by atoms with E-state index in [4.69, 9.17) is 23.2 Å². The second-order valence-electron chi connectivity index (χ2n) is 3.94. The summed E-state index contributed by atoms with van der Waals surface area (Å²) in [4.78, 5) is 11.6. The molecule has 2 rings (SSSR count). The van der Waals surface area contributed by atoms with E-state index >= 15 is 0 Å². The first-order valence-corrected chi connectivity index (χ1v) is 7.51. The second kappa shape index (κ2) is 6.97. The monoisotopic (exact) mass is 336 g/mol. The van der Waals surface area contributed by atoms with Crippen LogP contribution in [0.25, 0.3) is 0 Å². The summed E-state index contributed by atoms with van der Waals surface area (Å²) in [6, 6.07) is 9.62. The summed E-state index contributed by atoms with van der Waals surface area (Å²) in [6.07, 6.45) is 0. The fourth-order valence-corrected chi connectivity index (χ4v) is 2.71. The van der Waals surface area contributed by atoms with E-state index in [9.17, 15) is 17.8 Å². The molecule has 0 radical (unpaired) electrons. The van der Waals surface area contributed by atoms with Crippen molar-refractivity contribution in [3.8, 4) is 0 Å². The molecule has 0 N–H and O–H groups in total. The Morgan fingerprint density at radius 3 is 2.00 bits per heavy atom. The number of halogens is 2. The molecule has 0 saturated carbocycles. The molecule has 0 aliphatic heterocycles. The van der Waals surface area contributed by atoms with Gasteiger partial charge in [-0.3, -0.25) is 4.79 Å². The van der Waals surface area contributed by atoms with Gasteiger partial charge in [0.05, 0.1) is 9.92 Å². The van der Waals surface area contributed by atoms with Crippen LogP contribution in [0.2, 0.25) is 10.0 Å². The third-order valence-electron chi connectivity index (χ3n) is 2.57. The molecule has 104 valence electrons. The van der Waals surface area contributed by atoms with E-state index < -0.39 is 20.8 Å². The summed E-state index contributed by atoms with van der Waals surface area (Å²) in [7, 11) is -4.73. The Bertz CT molecular complexity index is 773. The third kappa shape index (κ3) is 4.33. The molecule has 0 fully saturated rings. The zero-order valence-electron chi connectivity index (χ0n) is 10.8. The number of carbonyl (C=O) groups is 1. The van der Waals surface area contributed by atoms with Crippen LogP contribution < -0.4 is 18.9 Å². The minimum atomic E-state index is -4.73. The predicted octanol–water partition coefficient (Wildman–Crippen LogP) is 0.133. The molecule has 0 amide bonds. The van der Waals surface area contributed by atoms with Gasteiger partial charge in [-0.15, -0.1) is 0 Å². The number of carbonyl (C=O) groups excluding carboxylic acids is 1.